The van der Waals surface area contributed by atoms with Gasteiger partial charge in [0.05, 0.1) is 24.7 Å². The predicted octanol–water partition coefficient (Wildman–Crippen LogP) is 3.30. The summed E-state index contributed by atoms with van der Waals surface area (Å²) in [5.74, 6) is 0.863. The van der Waals surface area contributed by atoms with E-state index in [2.05, 4.69) is 18.6 Å². The third kappa shape index (κ3) is 3.73. The van der Waals surface area contributed by atoms with Crippen LogP contribution in [0.25, 0.3) is 0 Å². The molecule has 0 amide bonds. The summed E-state index contributed by atoms with van der Waals surface area (Å²) in [5, 5.41) is 0. The van der Waals surface area contributed by atoms with Crippen LogP contribution in [-0.2, 0) is 14.6 Å². The number of alkyl halides is 3. The Bertz CT molecular complexity index is 450. The van der Waals surface area contributed by atoms with Crippen molar-refractivity contribution in [2.24, 2.45) is 22.7 Å². The Morgan fingerprint density at radius 3 is 1.48 bits per heavy atom. The highest BCUT2D eigenvalue weighted by Crippen LogP contribution is 2.49. The van der Waals surface area contributed by atoms with Gasteiger partial charge in [0.15, 0.2) is 9.84 Å². The van der Waals surface area contributed by atoms with Crippen LogP contribution in [0.1, 0.15) is 34.6 Å². The molecule has 7 heteroatoms. The van der Waals surface area contributed by atoms with Crippen LogP contribution in [0.4, 0.5) is 13.2 Å². The molecule has 2 fully saturated rings. The Hall–Kier alpha value is -0.300. The highest BCUT2D eigenvalue weighted by Gasteiger charge is 2.61. The van der Waals surface area contributed by atoms with Crippen LogP contribution in [-0.4, -0.2) is 39.3 Å². The summed E-state index contributed by atoms with van der Waals surface area (Å²) in [6.07, 6.45) is -4.11. The first-order valence-electron chi connectivity index (χ1n) is 7.11. The molecule has 2 rings (SSSR count). The number of rotatable bonds is 2. The van der Waals surface area contributed by atoms with Crippen molar-refractivity contribution in [2.75, 3.05) is 24.7 Å². The first-order chi connectivity index (χ1) is 9.26. The summed E-state index contributed by atoms with van der Waals surface area (Å²) in [4.78, 5) is 0. The van der Waals surface area contributed by atoms with Crippen molar-refractivity contribution in [3.8, 4) is 0 Å². The quantitative estimate of drug-likeness (QED) is 0.780. The van der Waals surface area contributed by atoms with Crippen molar-refractivity contribution in [3.05, 3.63) is 0 Å². The molecule has 0 atom stereocenters. The number of ether oxygens (including phenoxy) is 1. The molecular formula is C14H25F3O3S. The third-order valence-electron chi connectivity index (χ3n) is 4.88. The molecule has 2 aliphatic rings. The fourth-order valence-electron chi connectivity index (χ4n) is 2.44. The fraction of sp³-hybridized carbons (Fsp3) is 1.00. The normalized spacial score (nSPS) is 25.6. The SMILES string of the molecule is CC(C)C1(C(F)(F)F)COC1.CC(C)C1(C)CS(=O)(=O)C1. The zero-order valence-electron chi connectivity index (χ0n) is 13.3. The molecule has 0 spiro atoms. The number of halogens is 3. The second-order valence-electron chi connectivity index (χ2n) is 7.14. The minimum absolute atomic E-state index is 0.0683. The van der Waals surface area contributed by atoms with E-state index in [9.17, 15) is 21.6 Å². The zero-order chi connectivity index (χ0) is 16.7. The van der Waals surface area contributed by atoms with Crippen molar-refractivity contribution < 1.29 is 26.3 Å². The summed E-state index contributed by atoms with van der Waals surface area (Å²) >= 11 is 0. The summed E-state index contributed by atoms with van der Waals surface area (Å²) in [7, 11) is -2.63. The molecule has 0 saturated carbocycles. The summed E-state index contributed by atoms with van der Waals surface area (Å²) < 4.78 is 63.2. The highest BCUT2D eigenvalue weighted by atomic mass is 32.2. The van der Waals surface area contributed by atoms with Gasteiger partial charge in [-0.15, -0.1) is 0 Å². The molecule has 0 unspecified atom stereocenters. The Morgan fingerprint density at radius 1 is 1.00 bits per heavy atom. The van der Waals surface area contributed by atoms with Crippen molar-refractivity contribution in [3.63, 3.8) is 0 Å². The lowest BCUT2D eigenvalue weighted by molar-refractivity contribution is -0.318. The molecule has 0 aromatic rings. The van der Waals surface area contributed by atoms with E-state index in [4.69, 9.17) is 0 Å². The van der Waals surface area contributed by atoms with Crippen LogP contribution < -0.4 is 0 Å². The average molecular weight is 330 g/mol. The van der Waals surface area contributed by atoms with Crippen molar-refractivity contribution in [1.29, 1.82) is 0 Å². The first kappa shape index (κ1) is 18.7. The Balaban J connectivity index is 0.000000211. The zero-order valence-corrected chi connectivity index (χ0v) is 14.1. The van der Waals surface area contributed by atoms with Crippen molar-refractivity contribution >= 4 is 9.84 Å². The molecule has 0 N–H and O–H groups in total. The second-order valence-corrected chi connectivity index (χ2v) is 9.21. The number of hydrogen-bond acceptors (Lipinski definition) is 3. The molecule has 21 heavy (non-hydrogen) atoms. The van der Waals surface area contributed by atoms with E-state index in [1.54, 1.807) is 13.8 Å². The van der Waals surface area contributed by atoms with E-state index in [0.717, 1.165) is 0 Å². The van der Waals surface area contributed by atoms with Crippen LogP contribution in [0.15, 0.2) is 0 Å². The molecule has 0 bridgehead atoms. The van der Waals surface area contributed by atoms with Gasteiger partial charge in [-0.25, -0.2) is 8.42 Å². The molecule has 2 aliphatic heterocycles. The highest BCUT2D eigenvalue weighted by molar-refractivity contribution is 7.92. The largest absolute Gasteiger partial charge is 0.399 e. The smallest absolute Gasteiger partial charge is 0.379 e. The summed E-state index contributed by atoms with van der Waals surface area (Å²) in [6, 6.07) is 0. The Morgan fingerprint density at radius 2 is 1.43 bits per heavy atom. The molecule has 126 valence electrons. The lowest BCUT2D eigenvalue weighted by Crippen LogP contribution is -2.56. The van der Waals surface area contributed by atoms with Crippen molar-refractivity contribution in [2.45, 2.75) is 40.8 Å². The van der Waals surface area contributed by atoms with Crippen LogP contribution in [0, 0.1) is 22.7 Å². The molecule has 2 heterocycles. The molecule has 0 radical (unpaired) electrons. The minimum Gasteiger partial charge on any atom is -0.379 e. The van der Waals surface area contributed by atoms with Gasteiger partial charge in [0.1, 0.15) is 5.41 Å². The standard InChI is InChI=1S/C7H11F3O.C7H14O2S/c1-5(2)6(3-11-4-6)7(8,9)10;1-6(2)7(3)4-10(8,9)5-7/h5H,3-4H2,1-2H3;6H,4-5H2,1-3H3. The van der Waals surface area contributed by atoms with Gasteiger partial charge in [-0.05, 0) is 17.3 Å². The van der Waals surface area contributed by atoms with Gasteiger partial charge in [-0.1, -0.05) is 34.6 Å². The average Bonchev–Trinajstić information content (AvgIpc) is 2.08. The minimum atomic E-state index is -4.11. The van der Waals surface area contributed by atoms with E-state index >= 15 is 0 Å². The second kappa shape index (κ2) is 5.72. The predicted molar refractivity (Wildman–Crippen MR) is 75.7 cm³/mol. The maximum Gasteiger partial charge on any atom is 0.399 e. The molecule has 0 aromatic heterocycles. The maximum absolute atomic E-state index is 12.3. The van der Waals surface area contributed by atoms with Crippen LogP contribution in [0.3, 0.4) is 0 Å². The monoisotopic (exact) mass is 330 g/mol. The van der Waals surface area contributed by atoms with Gasteiger partial charge in [-0.3, -0.25) is 0 Å². The molecule has 3 nitrogen and oxygen atoms in total. The number of sulfone groups is 1. The van der Waals surface area contributed by atoms with Gasteiger partial charge in [0, 0.05) is 0 Å². The topological polar surface area (TPSA) is 43.4 Å². The Labute approximate surface area is 125 Å². The maximum atomic E-state index is 12.3. The van der Waals surface area contributed by atoms with Crippen LogP contribution >= 0.6 is 0 Å². The third-order valence-corrected chi connectivity index (χ3v) is 7.08. The van der Waals surface area contributed by atoms with E-state index in [1.165, 1.54) is 0 Å². The van der Waals surface area contributed by atoms with Gasteiger partial charge in [-0.2, -0.15) is 13.2 Å². The lowest BCUT2D eigenvalue weighted by Gasteiger charge is -2.45. The van der Waals surface area contributed by atoms with E-state index < -0.39 is 27.3 Å². The summed E-state index contributed by atoms with van der Waals surface area (Å²) in [6.45, 7) is 9.01. The van der Waals surface area contributed by atoms with Crippen LogP contribution in [0.2, 0.25) is 0 Å². The molecular weight excluding hydrogens is 305 g/mol. The number of hydrogen-bond donors (Lipinski definition) is 0. The van der Waals surface area contributed by atoms with E-state index in [1.807, 2.05) is 6.92 Å². The van der Waals surface area contributed by atoms with Crippen LogP contribution in [0.5, 0.6) is 0 Å². The van der Waals surface area contributed by atoms with Gasteiger partial charge in [0.25, 0.3) is 0 Å². The van der Waals surface area contributed by atoms with E-state index in [-0.39, 0.29) is 18.6 Å². The van der Waals surface area contributed by atoms with Gasteiger partial charge >= 0.3 is 6.18 Å². The summed E-state index contributed by atoms with van der Waals surface area (Å²) in [5.41, 5.74) is -1.49. The van der Waals surface area contributed by atoms with Gasteiger partial charge < -0.3 is 4.74 Å². The van der Waals surface area contributed by atoms with Gasteiger partial charge in [0.2, 0.25) is 0 Å². The van der Waals surface area contributed by atoms with E-state index in [0.29, 0.717) is 17.4 Å². The lowest BCUT2D eigenvalue weighted by atomic mass is 9.75. The molecule has 0 aromatic carbocycles. The molecule has 0 aliphatic carbocycles. The Kier molecular flexibility index (Phi) is 5.11. The fourth-order valence-corrected chi connectivity index (χ4v) is 5.03. The van der Waals surface area contributed by atoms with Crippen molar-refractivity contribution in [1.82, 2.24) is 0 Å². The first-order valence-corrected chi connectivity index (χ1v) is 8.93. The molecule has 2 saturated heterocycles.